The Kier molecular flexibility index (Phi) is 5.35. The highest BCUT2D eigenvalue weighted by Gasteiger charge is 2.30. The predicted molar refractivity (Wildman–Crippen MR) is 95.8 cm³/mol. The first-order chi connectivity index (χ1) is 12.1. The van der Waals surface area contributed by atoms with E-state index >= 15 is 0 Å². The molecule has 0 radical (unpaired) electrons. The second-order valence-electron chi connectivity index (χ2n) is 6.80. The Morgan fingerprint density at radius 3 is 1.88 bits per heavy atom. The smallest absolute Gasteiger partial charge is 0.277 e. The van der Waals surface area contributed by atoms with Crippen LogP contribution in [0.25, 0.3) is 0 Å². The van der Waals surface area contributed by atoms with Crippen LogP contribution in [0.5, 0.6) is 0 Å². The SMILES string of the molecule is CC(C)(C)N(Cc1ccccc1)C(=O)c1cc([N+](=O)[O-])cc([N+](=O)[O-])c1. The molecule has 2 aromatic carbocycles. The molecule has 0 bridgehead atoms. The van der Waals surface area contributed by atoms with Crippen LogP contribution in [0.4, 0.5) is 11.4 Å². The van der Waals surface area contributed by atoms with E-state index in [-0.39, 0.29) is 12.1 Å². The first-order valence-electron chi connectivity index (χ1n) is 7.89. The molecule has 0 heterocycles. The van der Waals surface area contributed by atoms with Gasteiger partial charge in [0, 0.05) is 24.2 Å². The Morgan fingerprint density at radius 1 is 0.962 bits per heavy atom. The summed E-state index contributed by atoms with van der Waals surface area (Å²) in [6.07, 6.45) is 0. The number of amides is 1. The van der Waals surface area contributed by atoms with Gasteiger partial charge in [-0.25, -0.2) is 0 Å². The summed E-state index contributed by atoms with van der Waals surface area (Å²) in [6, 6.07) is 12.3. The summed E-state index contributed by atoms with van der Waals surface area (Å²) in [7, 11) is 0. The largest absolute Gasteiger partial charge is 0.329 e. The predicted octanol–water partition coefficient (Wildman–Crippen LogP) is 3.94. The lowest BCUT2D eigenvalue weighted by atomic mass is 10.0. The van der Waals surface area contributed by atoms with Gasteiger partial charge in [0.25, 0.3) is 17.3 Å². The lowest BCUT2D eigenvalue weighted by Crippen LogP contribution is -2.45. The quantitative estimate of drug-likeness (QED) is 0.595. The molecule has 136 valence electrons. The Balaban J connectivity index is 2.48. The maximum absolute atomic E-state index is 13.0. The van der Waals surface area contributed by atoms with Crippen LogP contribution >= 0.6 is 0 Å². The van der Waals surface area contributed by atoms with E-state index in [1.165, 1.54) is 4.90 Å². The Labute approximate surface area is 150 Å². The number of carbonyl (C=O) groups excluding carboxylic acids is 1. The zero-order valence-electron chi connectivity index (χ0n) is 14.7. The van der Waals surface area contributed by atoms with E-state index in [9.17, 15) is 25.0 Å². The summed E-state index contributed by atoms with van der Waals surface area (Å²) in [6.45, 7) is 5.78. The summed E-state index contributed by atoms with van der Waals surface area (Å²) in [5.41, 5.74) is -0.772. The van der Waals surface area contributed by atoms with Crippen molar-refractivity contribution < 1.29 is 14.6 Å². The summed E-state index contributed by atoms with van der Waals surface area (Å²) >= 11 is 0. The fourth-order valence-electron chi connectivity index (χ4n) is 2.46. The molecule has 26 heavy (non-hydrogen) atoms. The van der Waals surface area contributed by atoms with E-state index in [2.05, 4.69) is 0 Å². The Bertz CT molecular complexity index is 811. The number of hydrogen-bond donors (Lipinski definition) is 0. The number of nitrogens with zero attached hydrogens (tertiary/aromatic N) is 3. The molecular formula is C18H19N3O5. The van der Waals surface area contributed by atoms with Gasteiger partial charge < -0.3 is 4.90 Å². The number of carbonyl (C=O) groups is 1. The van der Waals surface area contributed by atoms with Gasteiger partial charge in [0.05, 0.1) is 21.5 Å². The van der Waals surface area contributed by atoms with Gasteiger partial charge in [-0.1, -0.05) is 30.3 Å². The molecule has 0 N–H and O–H groups in total. The topological polar surface area (TPSA) is 107 Å². The molecule has 0 spiro atoms. The van der Waals surface area contributed by atoms with Gasteiger partial charge in [-0.15, -0.1) is 0 Å². The second-order valence-corrected chi connectivity index (χ2v) is 6.80. The molecule has 0 aliphatic heterocycles. The highest BCUT2D eigenvalue weighted by atomic mass is 16.6. The third-order valence-corrected chi connectivity index (χ3v) is 3.81. The van der Waals surface area contributed by atoms with Crippen LogP contribution in [-0.4, -0.2) is 26.2 Å². The van der Waals surface area contributed by atoms with Crippen LogP contribution in [0.3, 0.4) is 0 Å². The van der Waals surface area contributed by atoms with E-state index in [0.717, 1.165) is 23.8 Å². The summed E-state index contributed by atoms with van der Waals surface area (Å²) in [4.78, 5) is 35.2. The van der Waals surface area contributed by atoms with E-state index in [1.54, 1.807) is 0 Å². The number of non-ortho nitro benzene ring substituents is 2. The van der Waals surface area contributed by atoms with Crippen molar-refractivity contribution >= 4 is 17.3 Å². The minimum Gasteiger partial charge on any atom is -0.329 e. The average molecular weight is 357 g/mol. The molecule has 1 amide bonds. The molecule has 0 saturated carbocycles. The van der Waals surface area contributed by atoms with E-state index in [4.69, 9.17) is 0 Å². The highest BCUT2D eigenvalue weighted by Crippen LogP contribution is 2.26. The average Bonchev–Trinajstić information content (AvgIpc) is 2.58. The van der Waals surface area contributed by atoms with Crippen LogP contribution in [0.15, 0.2) is 48.5 Å². The standard InChI is InChI=1S/C18H19N3O5/c1-18(2,3)19(12-13-7-5-4-6-8-13)17(22)14-9-15(20(23)24)11-16(10-14)21(25)26/h4-11H,12H2,1-3H3. The van der Waals surface area contributed by atoms with Crippen molar-refractivity contribution in [2.24, 2.45) is 0 Å². The molecule has 2 aromatic rings. The molecule has 2 rings (SSSR count). The molecule has 0 atom stereocenters. The third kappa shape index (κ3) is 4.41. The van der Waals surface area contributed by atoms with E-state index in [1.807, 2.05) is 51.1 Å². The second kappa shape index (κ2) is 7.30. The minimum atomic E-state index is -0.748. The Hall–Kier alpha value is -3.29. The van der Waals surface area contributed by atoms with Crippen LogP contribution in [0.1, 0.15) is 36.7 Å². The van der Waals surface area contributed by atoms with Crippen LogP contribution in [-0.2, 0) is 6.54 Å². The van der Waals surface area contributed by atoms with Crippen molar-refractivity contribution in [2.45, 2.75) is 32.9 Å². The summed E-state index contributed by atoms with van der Waals surface area (Å²) in [5.74, 6) is -0.506. The monoisotopic (exact) mass is 357 g/mol. The molecule has 0 aliphatic carbocycles. The normalized spacial score (nSPS) is 11.0. The minimum absolute atomic E-state index is 0.0863. The first-order valence-corrected chi connectivity index (χ1v) is 7.89. The summed E-state index contributed by atoms with van der Waals surface area (Å²) in [5, 5.41) is 22.1. The van der Waals surface area contributed by atoms with Crippen molar-refractivity contribution in [3.05, 3.63) is 79.9 Å². The van der Waals surface area contributed by atoms with Gasteiger partial charge in [0.1, 0.15) is 0 Å². The van der Waals surface area contributed by atoms with E-state index < -0.39 is 32.7 Å². The van der Waals surface area contributed by atoms with Gasteiger partial charge >= 0.3 is 0 Å². The fraction of sp³-hybridized carbons (Fsp3) is 0.278. The van der Waals surface area contributed by atoms with Gasteiger partial charge in [-0.05, 0) is 26.3 Å². The molecule has 0 unspecified atom stereocenters. The zero-order chi connectivity index (χ0) is 19.5. The van der Waals surface area contributed by atoms with Gasteiger partial charge in [0.2, 0.25) is 0 Å². The Morgan fingerprint density at radius 2 is 1.46 bits per heavy atom. The number of hydrogen-bond acceptors (Lipinski definition) is 5. The lowest BCUT2D eigenvalue weighted by molar-refractivity contribution is -0.394. The molecule has 8 nitrogen and oxygen atoms in total. The van der Waals surface area contributed by atoms with Crippen LogP contribution in [0.2, 0.25) is 0 Å². The van der Waals surface area contributed by atoms with Crippen molar-refractivity contribution in [3.63, 3.8) is 0 Å². The number of benzene rings is 2. The molecule has 8 heteroatoms. The van der Waals surface area contributed by atoms with Gasteiger partial charge in [0.15, 0.2) is 0 Å². The van der Waals surface area contributed by atoms with Crippen LogP contribution < -0.4 is 0 Å². The molecule has 0 saturated heterocycles. The summed E-state index contributed by atoms with van der Waals surface area (Å²) < 4.78 is 0. The molecule has 0 aromatic heterocycles. The third-order valence-electron chi connectivity index (χ3n) is 3.81. The maximum atomic E-state index is 13.0. The van der Waals surface area contributed by atoms with Gasteiger partial charge in [-0.3, -0.25) is 25.0 Å². The van der Waals surface area contributed by atoms with Gasteiger partial charge in [-0.2, -0.15) is 0 Å². The molecular weight excluding hydrogens is 338 g/mol. The van der Waals surface area contributed by atoms with Crippen molar-refractivity contribution in [2.75, 3.05) is 0 Å². The van der Waals surface area contributed by atoms with Crippen molar-refractivity contribution in [1.82, 2.24) is 4.90 Å². The van der Waals surface area contributed by atoms with Crippen molar-refractivity contribution in [3.8, 4) is 0 Å². The molecule has 0 fully saturated rings. The lowest BCUT2D eigenvalue weighted by Gasteiger charge is -2.36. The van der Waals surface area contributed by atoms with Crippen LogP contribution in [0, 0.1) is 20.2 Å². The van der Waals surface area contributed by atoms with Crippen molar-refractivity contribution in [1.29, 1.82) is 0 Å². The number of rotatable bonds is 5. The number of nitro benzene ring substituents is 2. The van der Waals surface area contributed by atoms with E-state index in [0.29, 0.717) is 0 Å². The highest BCUT2D eigenvalue weighted by molar-refractivity contribution is 5.96. The molecule has 0 aliphatic rings. The number of nitro groups is 2. The maximum Gasteiger partial charge on any atom is 0.277 e. The fourth-order valence-corrected chi connectivity index (χ4v) is 2.46. The zero-order valence-corrected chi connectivity index (χ0v) is 14.7. The first kappa shape index (κ1) is 19.0.